The first kappa shape index (κ1) is 16.3. The maximum atomic E-state index is 12.5. The monoisotopic (exact) mass is 322 g/mol. The third kappa shape index (κ3) is 3.55. The predicted molar refractivity (Wildman–Crippen MR) is 82.5 cm³/mol. The summed E-state index contributed by atoms with van der Waals surface area (Å²) in [5.74, 6) is 0.834. The van der Waals surface area contributed by atoms with Crippen molar-refractivity contribution in [1.82, 2.24) is 9.71 Å². The van der Waals surface area contributed by atoms with Gasteiger partial charge in [-0.05, 0) is 30.7 Å². The first-order valence-electron chi connectivity index (χ1n) is 6.62. The van der Waals surface area contributed by atoms with Crippen molar-refractivity contribution in [1.29, 1.82) is 0 Å². The summed E-state index contributed by atoms with van der Waals surface area (Å²) in [6.45, 7) is 1.76. The molecular weight excluding hydrogens is 304 g/mol. The molecule has 0 aliphatic carbocycles. The van der Waals surface area contributed by atoms with Gasteiger partial charge >= 0.3 is 0 Å². The maximum absolute atomic E-state index is 12.5. The van der Waals surface area contributed by atoms with Crippen molar-refractivity contribution < 1.29 is 17.9 Å². The smallest absolute Gasteiger partial charge is 0.241 e. The molecule has 0 aliphatic heterocycles. The molecule has 1 aromatic heterocycles. The highest BCUT2D eigenvalue weighted by Gasteiger charge is 2.20. The van der Waals surface area contributed by atoms with E-state index in [0.717, 1.165) is 5.56 Å². The number of hydrogen-bond acceptors (Lipinski definition) is 5. The van der Waals surface area contributed by atoms with Gasteiger partial charge in [-0.25, -0.2) is 13.1 Å². The first-order valence-corrected chi connectivity index (χ1v) is 8.10. The van der Waals surface area contributed by atoms with Gasteiger partial charge in [-0.3, -0.25) is 4.98 Å². The van der Waals surface area contributed by atoms with Crippen LogP contribution in [0.3, 0.4) is 0 Å². The Bertz CT molecular complexity index is 732. The highest BCUT2D eigenvalue weighted by Crippen LogP contribution is 2.29. The lowest BCUT2D eigenvalue weighted by Gasteiger charge is -2.15. The van der Waals surface area contributed by atoms with Crippen LogP contribution in [0.25, 0.3) is 0 Å². The average Bonchev–Trinajstić information content (AvgIpc) is 2.54. The molecule has 0 radical (unpaired) electrons. The molecule has 1 heterocycles. The van der Waals surface area contributed by atoms with E-state index in [1.807, 2.05) is 6.07 Å². The Hall–Kier alpha value is -2.12. The summed E-state index contributed by atoms with van der Waals surface area (Å²) < 4.78 is 37.8. The number of benzene rings is 1. The average molecular weight is 322 g/mol. The molecule has 7 heteroatoms. The molecule has 2 rings (SSSR count). The Morgan fingerprint density at radius 2 is 1.86 bits per heavy atom. The fraction of sp³-hybridized carbons (Fsp3) is 0.267. The molecule has 1 atom stereocenters. The molecule has 1 unspecified atom stereocenters. The minimum Gasteiger partial charge on any atom is -0.493 e. The van der Waals surface area contributed by atoms with Gasteiger partial charge in [-0.2, -0.15) is 0 Å². The zero-order valence-corrected chi connectivity index (χ0v) is 13.4. The molecule has 6 nitrogen and oxygen atoms in total. The topological polar surface area (TPSA) is 77.5 Å². The summed E-state index contributed by atoms with van der Waals surface area (Å²) in [5, 5.41) is 0. The van der Waals surface area contributed by atoms with Crippen molar-refractivity contribution in [3.8, 4) is 11.5 Å². The molecule has 2 aromatic rings. The van der Waals surface area contributed by atoms with E-state index in [0.29, 0.717) is 11.5 Å². The summed E-state index contributed by atoms with van der Waals surface area (Å²) in [6.07, 6.45) is 3.26. The van der Waals surface area contributed by atoms with Gasteiger partial charge in [-0.1, -0.05) is 6.07 Å². The summed E-state index contributed by atoms with van der Waals surface area (Å²) in [5.41, 5.74) is 0.784. The fourth-order valence-corrected chi connectivity index (χ4v) is 3.23. The molecule has 0 spiro atoms. The van der Waals surface area contributed by atoms with E-state index < -0.39 is 16.1 Å². The van der Waals surface area contributed by atoms with Gasteiger partial charge in [-0.15, -0.1) is 0 Å². The Balaban J connectivity index is 2.27. The molecule has 0 saturated carbocycles. The van der Waals surface area contributed by atoms with Gasteiger partial charge in [0.2, 0.25) is 10.0 Å². The Morgan fingerprint density at radius 3 is 2.45 bits per heavy atom. The number of hydrogen-bond donors (Lipinski definition) is 1. The third-order valence-corrected chi connectivity index (χ3v) is 4.72. The summed E-state index contributed by atoms with van der Waals surface area (Å²) in [6, 6.07) is 7.64. The number of rotatable bonds is 6. The van der Waals surface area contributed by atoms with Crippen LogP contribution in [0.4, 0.5) is 0 Å². The SMILES string of the molecule is COc1ccc(S(=O)(=O)NC(C)c2cccnc2)cc1OC. The zero-order chi connectivity index (χ0) is 16.2. The standard InChI is InChI=1S/C15H18N2O4S/c1-11(12-5-4-8-16-10-12)17-22(18,19)13-6-7-14(20-2)15(9-13)21-3/h4-11,17H,1-3H3. The molecule has 1 aromatic carbocycles. The quantitative estimate of drug-likeness (QED) is 0.881. The predicted octanol–water partition coefficient (Wildman–Crippen LogP) is 2.14. The molecule has 0 amide bonds. The molecule has 0 bridgehead atoms. The molecule has 22 heavy (non-hydrogen) atoms. The van der Waals surface area contributed by atoms with E-state index in [9.17, 15) is 8.42 Å². The second-order valence-corrected chi connectivity index (χ2v) is 6.36. The van der Waals surface area contributed by atoms with E-state index in [-0.39, 0.29) is 4.90 Å². The highest BCUT2D eigenvalue weighted by molar-refractivity contribution is 7.89. The second kappa shape index (κ2) is 6.76. The van der Waals surface area contributed by atoms with Crippen molar-refractivity contribution in [3.63, 3.8) is 0 Å². The van der Waals surface area contributed by atoms with Crippen LogP contribution in [-0.2, 0) is 10.0 Å². The van der Waals surface area contributed by atoms with Crippen molar-refractivity contribution in [2.45, 2.75) is 17.9 Å². The van der Waals surface area contributed by atoms with Crippen LogP contribution in [0.5, 0.6) is 11.5 Å². The summed E-state index contributed by atoms with van der Waals surface area (Å²) >= 11 is 0. The van der Waals surface area contributed by atoms with Gasteiger partial charge < -0.3 is 9.47 Å². The van der Waals surface area contributed by atoms with E-state index in [1.54, 1.807) is 31.5 Å². The molecular formula is C15H18N2O4S. The largest absolute Gasteiger partial charge is 0.493 e. The number of nitrogens with one attached hydrogen (secondary N) is 1. The Kier molecular flexibility index (Phi) is 4.99. The Labute approximate surface area is 130 Å². The Morgan fingerprint density at radius 1 is 1.14 bits per heavy atom. The van der Waals surface area contributed by atoms with Gasteiger partial charge in [0.05, 0.1) is 19.1 Å². The molecule has 0 fully saturated rings. The van der Waals surface area contributed by atoms with E-state index >= 15 is 0 Å². The third-order valence-electron chi connectivity index (χ3n) is 3.18. The van der Waals surface area contributed by atoms with Crippen LogP contribution in [0, 0.1) is 0 Å². The van der Waals surface area contributed by atoms with E-state index in [2.05, 4.69) is 9.71 Å². The lowest BCUT2D eigenvalue weighted by Crippen LogP contribution is -2.27. The molecule has 0 aliphatic rings. The maximum Gasteiger partial charge on any atom is 0.241 e. The number of aromatic nitrogens is 1. The second-order valence-electron chi connectivity index (χ2n) is 4.65. The molecule has 118 valence electrons. The van der Waals surface area contributed by atoms with Gasteiger partial charge in [0.25, 0.3) is 0 Å². The normalized spacial score (nSPS) is 12.7. The van der Waals surface area contributed by atoms with Crippen molar-refractivity contribution >= 4 is 10.0 Å². The van der Waals surface area contributed by atoms with Crippen molar-refractivity contribution in [3.05, 3.63) is 48.3 Å². The minimum absolute atomic E-state index is 0.112. The first-order chi connectivity index (χ1) is 10.5. The van der Waals surface area contributed by atoms with Crippen LogP contribution in [0.15, 0.2) is 47.6 Å². The lowest BCUT2D eigenvalue weighted by molar-refractivity contribution is 0.354. The van der Waals surface area contributed by atoms with Crippen LogP contribution < -0.4 is 14.2 Å². The van der Waals surface area contributed by atoms with Crippen molar-refractivity contribution in [2.75, 3.05) is 14.2 Å². The van der Waals surface area contributed by atoms with Crippen molar-refractivity contribution in [2.24, 2.45) is 0 Å². The zero-order valence-electron chi connectivity index (χ0n) is 12.6. The number of methoxy groups -OCH3 is 2. The lowest BCUT2D eigenvalue weighted by atomic mass is 10.2. The summed E-state index contributed by atoms with van der Waals surface area (Å²) in [7, 11) is -0.725. The fourth-order valence-electron chi connectivity index (χ4n) is 1.98. The van der Waals surface area contributed by atoms with Crippen LogP contribution in [0.1, 0.15) is 18.5 Å². The van der Waals surface area contributed by atoms with Gasteiger partial charge in [0, 0.05) is 24.5 Å². The van der Waals surface area contributed by atoms with Crippen LogP contribution >= 0.6 is 0 Å². The summed E-state index contributed by atoms with van der Waals surface area (Å²) in [4.78, 5) is 4.10. The van der Waals surface area contributed by atoms with E-state index in [1.165, 1.54) is 26.4 Å². The number of sulfonamides is 1. The van der Waals surface area contributed by atoms with Crippen LogP contribution in [-0.4, -0.2) is 27.6 Å². The van der Waals surface area contributed by atoms with Crippen LogP contribution in [0.2, 0.25) is 0 Å². The molecule has 1 N–H and O–H groups in total. The van der Waals surface area contributed by atoms with E-state index in [4.69, 9.17) is 9.47 Å². The minimum atomic E-state index is -3.68. The highest BCUT2D eigenvalue weighted by atomic mass is 32.2. The number of ether oxygens (including phenoxy) is 2. The molecule has 0 saturated heterocycles. The number of nitrogens with zero attached hydrogens (tertiary/aromatic N) is 1. The van der Waals surface area contributed by atoms with Gasteiger partial charge in [0.1, 0.15) is 0 Å². The van der Waals surface area contributed by atoms with Gasteiger partial charge in [0.15, 0.2) is 11.5 Å². The number of pyridine rings is 1.